The van der Waals surface area contributed by atoms with Crippen LogP contribution in [0.3, 0.4) is 0 Å². The van der Waals surface area contributed by atoms with Gasteiger partial charge in [-0.3, -0.25) is 9.59 Å². The van der Waals surface area contributed by atoms with Crippen molar-refractivity contribution in [1.29, 1.82) is 0 Å². The molecule has 5 nitrogen and oxygen atoms in total. The van der Waals surface area contributed by atoms with Crippen molar-refractivity contribution in [2.45, 2.75) is 44.6 Å². The smallest absolute Gasteiger partial charge is 0.320 e. The number of fused-ring (bicyclic) bond motifs is 1. The van der Waals surface area contributed by atoms with Crippen LogP contribution in [0.25, 0.3) is 0 Å². The lowest BCUT2D eigenvalue weighted by Crippen LogP contribution is -2.49. The van der Waals surface area contributed by atoms with E-state index in [0.717, 1.165) is 32.2 Å². The van der Waals surface area contributed by atoms with Gasteiger partial charge < -0.3 is 15.5 Å². The molecule has 2 aliphatic rings. The summed E-state index contributed by atoms with van der Waals surface area (Å²) >= 11 is 0. The van der Waals surface area contributed by atoms with Crippen LogP contribution in [0.5, 0.6) is 0 Å². The summed E-state index contributed by atoms with van der Waals surface area (Å²) in [6, 6.07) is -0.413. The molecular formula is C13H21NO4. The maximum Gasteiger partial charge on any atom is 0.320 e. The van der Waals surface area contributed by atoms with Crippen molar-refractivity contribution in [3.05, 3.63) is 0 Å². The van der Waals surface area contributed by atoms with E-state index in [-0.39, 0.29) is 6.42 Å². The lowest BCUT2D eigenvalue weighted by atomic mass is 9.69. The number of aliphatic carboxylic acids is 2. The van der Waals surface area contributed by atoms with E-state index in [0.29, 0.717) is 24.2 Å². The molecule has 1 aliphatic carbocycles. The van der Waals surface area contributed by atoms with Gasteiger partial charge in [-0.05, 0) is 50.0 Å². The summed E-state index contributed by atoms with van der Waals surface area (Å²) in [5.74, 6) is 0.0171. The van der Waals surface area contributed by atoms with Crippen LogP contribution in [-0.2, 0) is 9.59 Å². The average molecular weight is 255 g/mol. The zero-order valence-electron chi connectivity index (χ0n) is 10.5. The quantitative estimate of drug-likeness (QED) is 0.705. The highest BCUT2D eigenvalue weighted by atomic mass is 16.4. The molecule has 0 aromatic heterocycles. The molecule has 1 heterocycles. The van der Waals surface area contributed by atoms with Gasteiger partial charge in [0.2, 0.25) is 0 Å². The Kier molecular flexibility index (Phi) is 4.22. The largest absolute Gasteiger partial charge is 0.481 e. The number of carboxylic acid groups (broad SMARTS) is 2. The van der Waals surface area contributed by atoms with Crippen LogP contribution in [0.1, 0.15) is 38.5 Å². The van der Waals surface area contributed by atoms with E-state index >= 15 is 0 Å². The van der Waals surface area contributed by atoms with E-state index in [4.69, 9.17) is 10.2 Å². The number of carboxylic acids is 2. The second-order valence-corrected chi connectivity index (χ2v) is 5.67. The Morgan fingerprint density at radius 3 is 2.56 bits per heavy atom. The molecule has 5 heteroatoms. The summed E-state index contributed by atoms with van der Waals surface area (Å²) in [6.07, 6.45) is 4.88. The number of hydrogen-bond donors (Lipinski definition) is 3. The Morgan fingerprint density at radius 2 is 1.89 bits per heavy atom. The lowest BCUT2D eigenvalue weighted by molar-refractivity contribution is -0.141. The van der Waals surface area contributed by atoms with Gasteiger partial charge in [0.15, 0.2) is 0 Å². The zero-order valence-corrected chi connectivity index (χ0v) is 10.5. The minimum absolute atomic E-state index is 0.239. The van der Waals surface area contributed by atoms with Gasteiger partial charge in [-0.1, -0.05) is 6.42 Å². The van der Waals surface area contributed by atoms with Gasteiger partial charge in [-0.25, -0.2) is 0 Å². The van der Waals surface area contributed by atoms with Crippen molar-refractivity contribution in [2.24, 2.45) is 17.8 Å². The van der Waals surface area contributed by atoms with Gasteiger partial charge in [0.25, 0.3) is 0 Å². The van der Waals surface area contributed by atoms with Gasteiger partial charge in [-0.2, -0.15) is 0 Å². The van der Waals surface area contributed by atoms with Gasteiger partial charge in [-0.15, -0.1) is 0 Å². The van der Waals surface area contributed by atoms with Gasteiger partial charge in [0, 0.05) is 6.42 Å². The minimum atomic E-state index is -0.763. The van der Waals surface area contributed by atoms with Crippen LogP contribution in [0.15, 0.2) is 0 Å². The van der Waals surface area contributed by atoms with Gasteiger partial charge in [0.1, 0.15) is 6.04 Å². The molecule has 1 saturated heterocycles. The van der Waals surface area contributed by atoms with Crippen LogP contribution in [0.2, 0.25) is 0 Å². The third-order valence-corrected chi connectivity index (χ3v) is 4.48. The summed E-state index contributed by atoms with van der Waals surface area (Å²) in [7, 11) is 0. The molecule has 0 spiro atoms. The normalized spacial score (nSPS) is 35.8. The molecular weight excluding hydrogens is 234 g/mol. The molecule has 4 atom stereocenters. The summed E-state index contributed by atoms with van der Waals surface area (Å²) in [6.45, 7) is 0.799. The topological polar surface area (TPSA) is 86.6 Å². The molecule has 2 rings (SSSR count). The maximum absolute atomic E-state index is 11.0. The maximum atomic E-state index is 11.0. The van der Waals surface area contributed by atoms with Crippen LogP contribution in [0.4, 0.5) is 0 Å². The molecule has 0 radical (unpaired) electrons. The van der Waals surface area contributed by atoms with Crippen molar-refractivity contribution in [3.8, 4) is 0 Å². The molecule has 3 N–H and O–H groups in total. The number of carbonyl (C=O) groups is 2. The molecule has 102 valence electrons. The highest BCUT2D eigenvalue weighted by Gasteiger charge is 2.37. The van der Waals surface area contributed by atoms with Crippen LogP contribution < -0.4 is 5.32 Å². The van der Waals surface area contributed by atoms with Gasteiger partial charge in [0.05, 0.1) is 0 Å². The van der Waals surface area contributed by atoms with E-state index in [2.05, 4.69) is 5.32 Å². The Balaban J connectivity index is 1.85. The highest BCUT2D eigenvalue weighted by Crippen LogP contribution is 2.40. The molecule has 1 aliphatic heterocycles. The molecule has 0 amide bonds. The fraction of sp³-hybridized carbons (Fsp3) is 0.846. The molecule has 0 bridgehead atoms. The number of hydrogen-bond acceptors (Lipinski definition) is 3. The molecule has 1 saturated carbocycles. The molecule has 2 fully saturated rings. The molecule has 18 heavy (non-hydrogen) atoms. The Labute approximate surface area is 107 Å². The van der Waals surface area contributed by atoms with E-state index in [1.165, 1.54) is 0 Å². The fourth-order valence-electron chi connectivity index (χ4n) is 3.44. The first-order valence-electron chi connectivity index (χ1n) is 6.74. The van der Waals surface area contributed by atoms with E-state index < -0.39 is 18.0 Å². The van der Waals surface area contributed by atoms with Crippen molar-refractivity contribution in [1.82, 2.24) is 5.32 Å². The van der Waals surface area contributed by atoms with Crippen LogP contribution >= 0.6 is 0 Å². The van der Waals surface area contributed by atoms with E-state index in [1.54, 1.807) is 0 Å². The standard InChI is InChI=1S/C13H21NO4/c15-12(16)4-2-8-1-3-9-7-14-11(13(17)18)6-10(9)5-8/h8-11,14H,1-7H2,(H,15,16)(H,17,18)/t8-,9-,10+,11-/m0/s1. The Bertz CT molecular complexity index is 331. The van der Waals surface area contributed by atoms with E-state index in [9.17, 15) is 9.59 Å². The highest BCUT2D eigenvalue weighted by molar-refractivity contribution is 5.73. The number of nitrogens with one attached hydrogen (secondary N) is 1. The van der Waals surface area contributed by atoms with Crippen molar-refractivity contribution in [3.63, 3.8) is 0 Å². The van der Waals surface area contributed by atoms with E-state index in [1.807, 2.05) is 0 Å². The SMILES string of the molecule is O=C(O)CC[C@@H]1CC[C@H]2CN[C@H](C(=O)O)C[C@H]2C1. The number of piperidine rings is 1. The predicted octanol–water partition coefficient (Wildman–Crippen LogP) is 1.33. The van der Waals surface area contributed by atoms with Crippen molar-refractivity contribution in [2.75, 3.05) is 6.54 Å². The Morgan fingerprint density at radius 1 is 1.11 bits per heavy atom. The molecule has 0 unspecified atom stereocenters. The first-order valence-corrected chi connectivity index (χ1v) is 6.74. The average Bonchev–Trinajstić information content (AvgIpc) is 2.35. The second-order valence-electron chi connectivity index (χ2n) is 5.67. The lowest BCUT2D eigenvalue weighted by Gasteiger charge is -2.41. The van der Waals surface area contributed by atoms with Gasteiger partial charge >= 0.3 is 11.9 Å². The summed E-state index contributed by atoms with van der Waals surface area (Å²) in [5, 5.41) is 20.8. The second kappa shape index (κ2) is 5.69. The first kappa shape index (κ1) is 13.3. The monoisotopic (exact) mass is 255 g/mol. The fourth-order valence-corrected chi connectivity index (χ4v) is 3.44. The zero-order chi connectivity index (χ0) is 13.1. The van der Waals surface area contributed by atoms with Crippen LogP contribution in [-0.4, -0.2) is 34.7 Å². The van der Waals surface area contributed by atoms with Crippen molar-refractivity contribution < 1.29 is 19.8 Å². The molecule has 0 aromatic rings. The molecule has 0 aromatic carbocycles. The Hall–Kier alpha value is -1.10. The summed E-state index contributed by atoms with van der Waals surface area (Å²) < 4.78 is 0. The van der Waals surface area contributed by atoms with Crippen LogP contribution in [0, 0.1) is 17.8 Å². The third-order valence-electron chi connectivity index (χ3n) is 4.48. The summed E-state index contributed by atoms with van der Waals surface area (Å²) in [4.78, 5) is 21.6. The first-order chi connectivity index (χ1) is 8.56. The number of rotatable bonds is 4. The van der Waals surface area contributed by atoms with Crippen molar-refractivity contribution >= 4 is 11.9 Å². The predicted molar refractivity (Wildman–Crippen MR) is 65.2 cm³/mol. The minimum Gasteiger partial charge on any atom is -0.481 e. The summed E-state index contributed by atoms with van der Waals surface area (Å²) in [5.41, 5.74) is 0. The third kappa shape index (κ3) is 3.22.